The molecule has 106 valence electrons. The second-order valence-electron chi connectivity index (χ2n) is 4.41. The fourth-order valence-corrected chi connectivity index (χ4v) is 1.89. The van der Waals surface area contributed by atoms with Gasteiger partial charge in [-0.3, -0.25) is 9.59 Å². The van der Waals surface area contributed by atoms with Gasteiger partial charge in [0.05, 0.1) is 0 Å². The second-order valence-corrected chi connectivity index (χ2v) is 4.41. The van der Waals surface area contributed by atoms with E-state index in [-0.39, 0.29) is 11.1 Å². The van der Waals surface area contributed by atoms with Gasteiger partial charge in [-0.25, -0.2) is 4.79 Å². The van der Waals surface area contributed by atoms with Crippen molar-refractivity contribution in [2.24, 2.45) is 0 Å². The topological polar surface area (TPSA) is 91.7 Å². The summed E-state index contributed by atoms with van der Waals surface area (Å²) in [5, 5.41) is 19.4. The Morgan fingerprint density at radius 1 is 0.714 bits per heavy atom. The highest BCUT2D eigenvalue weighted by Crippen LogP contribution is 2.20. The van der Waals surface area contributed by atoms with Crippen molar-refractivity contribution in [3.63, 3.8) is 0 Å². The van der Waals surface area contributed by atoms with Crippen LogP contribution in [-0.2, 0) is 4.79 Å². The number of carbonyl (C=O) groups excluding carboxylic acids is 2. The molecular weight excluding hydrogens is 272 g/mol. The first-order chi connectivity index (χ1) is 9.98. The number of carboxylic acids is 1. The molecule has 0 bridgehead atoms. The average molecular weight is 284 g/mol. The molecule has 2 rings (SSSR count). The van der Waals surface area contributed by atoms with E-state index in [9.17, 15) is 24.6 Å². The fraction of sp³-hybridized carbons (Fsp3) is 0.0625. The molecule has 21 heavy (non-hydrogen) atoms. The summed E-state index contributed by atoms with van der Waals surface area (Å²) in [6.45, 7) is 0. The first-order valence-electron chi connectivity index (χ1n) is 6.13. The molecule has 0 aliphatic carbocycles. The lowest BCUT2D eigenvalue weighted by atomic mass is 9.85. The van der Waals surface area contributed by atoms with Gasteiger partial charge >= 0.3 is 5.97 Å². The van der Waals surface area contributed by atoms with Gasteiger partial charge < -0.3 is 10.2 Å². The Balaban J connectivity index is 2.49. The van der Waals surface area contributed by atoms with Crippen LogP contribution in [0.15, 0.2) is 60.7 Å². The Labute approximate surface area is 120 Å². The van der Waals surface area contributed by atoms with Gasteiger partial charge in [-0.05, 0) is 0 Å². The van der Waals surface area contributed by atoms with E-state index in [1.54, 1.807) is 12.1 Å². The SMILES string of the molecule is O=C(O)C(O)(C(=O)c1ccccc1)C(=O)c1ccccc1. The predicted octanol–water partition coefficient (Wildman–Crippen LogP) is 1.57. The van der Waals surface area contributed by atoms with E-state index in [2.05, 4.69) is 0 Å². The summed E-state index contributed by atoms with van der Waals surface area (Å²) < 4.78 is 0. The Morgan fingerprint density at radius 2 is 1.05 bits per heavy atom. The summed E-state index contributed by atoms with van der Waals surface area (Å²) in [7, 11) is 0. The van der Waals surface area contributed by atoms with Crippen LogP contribution in [0.25, 0.3) is 0 Å². The van der Waals surface area contributed by atoms with Crippen molar-refractivity contribution in [3.8, 4) is 0 Å². The Morgan fingerprint density at radius 3 is 1.33 bits per heavy atom. The predicted molar refractivity (Wildman–Crippen MR) is 74.1 cm³/mol. The number of aliphatic carboxylic acids is 1. The third-order valence-electron chi connectivity index (χ3n) is 3.04. The smallest absolute Gasteiger partial charge is 0.352 e. The van der Waals surface area contributed by atoms with Crippen LogP contribution in [-0.4, -0.2) is 33.3 Å². The van der Waals surface area contributed by atoms with Crippen LogP contribution in [0.1, 0.15) is 20.7 Å². The Bertz CT molecular complexity index is 625. The third kappa shape index (κ3) is 2.59. The molecule has 0 spiro atoms. The Kier molecular flexibility index (Phi) is 3.95. The molecule has 0 unspecified atom stereocenters. The molecule has 0 aromatic heterocycles. The second kappa shape index (κ2) is 5.68. The number of benzene rings is 2. The number of carbonyl (C=O) groups is 3. The van der Waals surface area contributed by atoms with E-state index < -0.39 is 23.1 Å². The number of aliphatic hydroxyl groups is 1. The van der Waals surface area contributed by atoms with Crippen LogP contribution < -0.4 is 0 Å². The van der Waals surface area contributed by atoms with Crippen LogP contribution in [0, 0.1) is 0 Å². The molecule has 5 heteroatoms. The molecule has 0 heterocycles. The van der Waals surface area contributed by atoms with Crippen LogP contribution in [0.4, 0.5) is 0 Å². The number of hydrogen-bond acceptors (Lipinski definition) is 4. The number of hydrogen-bond donors (Lipinski definition) is 2. The highest BCUT2D eigenvalue weighted by atomic mass is 16.4. The summed E-state index contributed by atoms with van der Waals surface area (Å²) in [6.07, 6.45) is 0. The summed E-state index contributed by atoms with van der Waals surface area (Å²) in [5.41, 5.74) is -3.23. The highest BCUT2D eigenvalue weighted by Gasteiger charge is 2.51. The summed E-state index contributed by atoms with van der Waals surface area (Å²) in [5.74, 6) is -4.22. The number of Topliss-reactive ketones (excluding diaryl/α,β-unsaturated/α-hetero) is 2. The molecular formula is C16H12O5. The Hall–Kier alpha value is -2.79. The lowest BCUT2D eigenvalue weighted by Crippen LogP contribution is -2.53. The van der Waals surface area contributed by atoms with Crippen molar-refractivity contribution in [2.75, 3.05) is 0 Å². The highest BCUT2D eigenvalue weighted by molar-refractivity contribution is 6.33. The molecule has 0 atom stereocenters. The summed E-state index contributed by atoms with van der Waals surface area (Å²) in [6, 6.07) is 14.7. The number of carboxylic acid groups (broad SMARTS) is 1. The monoisotopic (exact) mass is 284 g/mol. The molecule has 0 radical (unpaired) electrons. The van der Waals surface area contributed by atoms with Gasteiger partial charge in [0.15, 0.2) is 0 Å². The molecule has 2 aromatic rings. The molecule has 5 nitrogen and oxygen atoms in total. The number of rotatable bonds is 5. The lowest BCUT2D eigenvalue weighted by Gasteiger charge is -2.20. The van der Waals surface area contributed by atoms with E-state index >= 15 is 0 Å². The molecule has 2 N–H and O–H groups in total. The lowest BCUT2D eigenvalue weighted by molar-refractivity contribution is -0.149. The van der Waals surface area contributed by atoms with Gasteiger partial charge in [0, 0.05) is 11.1 Å². The quantitative estimate of drug-likeness (QED) is 0.642. The van der Waals surface area contributed by atoms with Crippen molar-refractivity contribution in [1.29, 1.82) is 0 Å². The minimum Gasteiger partial charge on any atom is -0.478 e. The van der Waals surface area contributed by atoms with Crippen molar-refractivity contribution in [1.82, 2.24) is 0 Å². The van der Waals surface area contributed by atoms with Crippen molar-refractivity contribution in [3.05, 3.63) is 71.8 Å². The van der Waals surface area contributed by atoms with Gasteiger partial charge in [-0.15, -0.1) is 0 Å². The van der Waals surface area contributed by atoms with E-state index in [1.165, 1.54) is 48.5 Å². The van der Waals surface area contributed by atoms with Gasteiger partial charge in [-0.1, -0.05) is 60.7 Å². The molecule has 0 saturated heterocycles. The van der Waals surface area contributed by atoms with Crippen LogP contribution >= 0.6 is 0 Å². The van der Waals surface area contributed by atoms with Gasteiger partial charge in [-0.2, -0.15) is 0 Å². The van der Waals surface area contributed by atoms with E-state index in [1.807, 2.05) is 0 Å². The third-order valence-corrected chi connectivity index (χ3v) is 3.04. The molecule has 0 saturated carbocycles. The van der Waals surface area contributed by atoms with Crippen LogP contribution in [0.3, 0.4) is 0 Å². The molecule has 0 aliphatic rings. The van der Waals surface area contributed by atoms with Gasteiger partial charge in [0.25, 0.3) is 5.60 Å². The van der Waals surface area contributed by atoms with Crippen LogP contribution in [0.5, 0.6) is 0 Å². The molecule has 2 aromatic carbocycles. The minimum absolute atomic E-state index is 0.0494. The zero-order chi connectivity index (χ0) is 15.5. The van der Waals surface area contributed by atoms with Crippen molar-refractivity contribution < 1.29 is 24.6 Å². The zero-order valence-electron chi connectivity index (χ0n) is 10.9. The largest absolute Gasteiger partial charge is 0.478 e. The standard InChI is InChI=1S/C16H12O5/c17-13(11-7-3-1-4-8-11)16(21,15(19)20)14(18)12-9-5-2-6-10-12/h1-10,21H,(H,19,20). The minimum atomic E-state index is -3.14. The average Bonchev–Trinajstić information content (AvgIpc) is 2.54. The molecule has 0 fully saturated rings. The molecule has 0 aliphatic heterocycles. The maximum atomic E-state index is 12.3. The van der Waals surface area contributed by atoms with E-state index in [0.29, 0.717) is 0 Å². The van der Waals surface area contributed by atoms with E-state index in [0.717, 1.165) is 0 Å². The first kappa shape index (κ1) is 14.6. The summed E-state index contributed by atoms with van der Waals surface area (Å²) in [4.78, 5) is 35.9. The van der Waals surface area contributed by atoms with Crippen molar-refractivity contribution in [2.45, 2.75) is 5.60 Å². The van der Waals surface area contributed by atoms with Crippen LogP contribution in [0.2, 0.25) is 0 Å². The molecule has 0 amide bonds. The van der Waals surface area contributed by atoms with E-state index in [4.69, 9.17) is 0 Å². The zero-order valence-corrected chi connectivity index (χ0v) is 10.9. The maximum Gasteiger partial charge on any atom is 0.352 e. The normalized spacial score (nSPS) is 10.9. The van der Waals surface area contributed by atoms with Crippen molar-refractivity contribution >= 4 is 17.5 Å². The number of ketones is 2. The van der Waals surface area contributed by atoms with Gasteiger partial charge in [0.2, 0.25) is 11.6 Å². The first-order valence-corrected chi connectivity index (χ1v) is 6.13. The fourth-order valence-electron chi connectivity index (χ4n) is 1.89. The maximum absolute atomic E-state index is 12.3. The summed E-state index contributed by atoms with van der Waals surface area (Å²) >= 11 is 0. The van der Waals surface area contributed by atoms with Gasteiger partial charge in [0.1, 0.15) is 0 Å².